The number of amides is 3. The van der Waals surface area contributed by atoms with Crippen molar-refractivity contribution in [1.29, 1.82) is 0 Å². The van der Waals surface area contributed by atoms with Crippen LogP contribution in [0.25, 0.3) is 0 Å². The van der Waals surface area contributed by atoms with E-state index in [0.717, 1.165) is 35.8 Å². The molecule has 3 aromatic carbocycles. The van der Waals surface area contributed by atoms with Crippen LogP contribution in [0.5, 0.6) is 11.5 Å². The molecule has 3 amide bonds. The Kier molecular flexibility index (Phi) is 12.4. The van der Waals surface area contributed by atoms with E-state index in [1.54, 1.807) is 16.9 Å². The zero-order valence-electron chi connectivity index (χ0n) is 31.9. The van der Waals surface area contributed by atoms with Gasteiger partial charge >= 0.3 is 6.03 Å². The molecule has 8 nitrogen and oxygen atoms in total. The van der Waals surface area contributed by atoms with E-state index >= 15 is 4.79 Å². The van der Waals surface area contributed by atoms with E-state index in [9.17, 15) is 4.79 Å². The van der Waals surface area contributed by atoms with Gasteiger partial charge < -0.3 is 19.3 Å². The molecule has 1 saturated heterocycles. The number of nitrogens with zero attached hydrogens (tertiary/aromatic N) is 4. The number of amidine groups is 1. The van der Waals surface area contributed by atoms with Crippen molar-refractivity contribution in [2.45, 2.75) is 109 Å². The Morgan fingerprint density at radius 1 is 0.778 bits per heavy atom. The zero-order chi connectivity index (χ0) is 37.8. The Labute approximate surface area is 330 Å². The molecule has 2 saturated carbocycles. The first kappa shape index (κ1) is 38.5. The van der Waals surface area contributed by atoms with Gasteiger partial charge in [0.05, 0.1) is 24.8 Å². The van der Waals surface area contributed by atoms with Crippen molar-refractivity contribution in [3.8, 4) is 11.5 Å². The summed E-state index contributed by atoms with van der Waals surface area (Å²) in [5.74, 6) is 3.31. The van der Waals surface area contributed by atoms with E-state index in [0.29, 0.717) is 46.0 Å². The maximum atomic E-state index is 15.1. The second-order valence-electron chi connectivity index (χ2n) is 15.8. The van der Waals surface area contributed by atoms with Gasteiger partial charge in [-0.15, -0.1) is 0 Å². The minimum Gasteiger partial charge on any atom is -0.497 e. The van der Waals surface area contributed by atoms with Gasteiger partial charge in [-0.1, -0.05) is 98.8 Å². The average Bonchev–Trinajstić information content (AvgIpc) is 3.32. The van der Waals surface area contributed by atoms with E-state index < -0.39 is 12.1 Å². The number of halogens is 2. The first-order chi connectivity index (χ1) is 26.2. The molecular formula is C44H54Cl2N4O4. The lowest BCUT2D eigenvalue weighted by molar-refractivity contribution is -0.138. The monoisotopic (exact) mass is 772 g/mol. The highest BCUT2D eigenvalue weighted by Crippen LogP contribution is 2.46. The molecule has 2 aliphatic heterocycles. The van der Waals surface area contributed by atoms with Crippen LogP contribution in [0.2, 0.25) is 10.0 Å². The van der Waals surface area contributed by atoms with Gasteiger partial charge in [-0.05, 0) is 92.5 Å². The number of rotatable bonds is 8. The highest BCUT2D eigenvalue weighted by molar-refractivity contribution is 6.30. The molecule has 0 N–H and O–H groups in total. The van der Waals surface area contributed by atoms with Gasteiger partial charge in [0.25, 0.3) is 0 Å². The van der Waals surface area contributed by atoms with Crippen molar-refractivity contribution >= 4 is 41.0 Å². The maximum absolute atomic E-state index is 15.1. The topological polar surface area (TPSA) is 74.7 Å². The smallest absolute Gasteiger partial charge is 0.326 e. The number of urea groups is 1. The van der Waals surface area contributed by atoms with Crippen molar-refractivity contribution in [3.05, 3.63) is 93.5 Å². The molecule has 1 unspecified atom stereocenters. The third-order valence-electron chi connectivity index (χ3n) is 12.0. The number of methoxy groups -OCH3 is 1. The van der Waals surface area contributed by atoms with E-state index in [1.807, 2.05) is 80.6 Å². The summed E-state index contributed by atoms with van der Waals surface area (Å²) in [6, 6.07) is 19.8. The van der Waals surface area contributed by atoms with Gasteiger partial charge in [-0.25, -0.2) is 4.79 Å². The molecule has 4 atom stereocenters. The van der Waals surface area contributed by atoms with E-state index in [2.05, 4.69) is 4.90 Å². The summed E-state index contributed by atoms with van der Waals surface area (Å²) in [6.45, 7) is 4.94. The van der Waals surface area contributed by atoms with Crippen LogP contribution in [0.15, 0.2) is 71.7 Å². The Morgan fingerprint density at radius 3 is 2.07 bits per heavy atom. The first-order valence-electron chi connectivity index (χ1n) is 20.0. The second-order valence-corrected chi connectivity index (χ2v) is 16.7. The fourth-order valence-corrected chi connectivity index (χ4v) is 9.54. The van der Waals surface area contributed by atoms with Crippen LogP contribution in [0.1, 0.15) is 113 Å². The van der Waals surface area contributed by atoms with Crippen molar-refractivity contribution in [2.75, 3.05) is 26.7 Å². The standard InChI is InChI=1S/C44H54Cl2N4O4/c1-29(2)54-39-27-37(53-3)23-24-38(39)43-47-41(32-13-18-34(45)19-14-32)42(33-15-20-35(46)21-16-33)50(43)44(52)48-25-26-49(40(51)28-48)36-12-8-11-31(17-22-36)30-9-6-4-5-7-10-30/h13-16,18-21,23-24,27,29-31,36,41-42H,4-12,17,22,25-26,28H2,1-3H3/t31?,36-,41+,42-/m1/s1. The molecule has 54 heavy (non-hydrogen) atoms. The number of benzene rings is 3. The lowest BCUT2D eigenvalue weighted by atomic mass is 9.81. The summed E-state index contributed by atoms with van der Waals surface area (Å²) in [4.78, 5) is 40.1. The number of aliphatic imine (C=N–C) groups is 1. The predicted octanol–water partition coefficient (Wildman–Crippen LogP) is 10.5. The van der Waals surface area contributed by atoms with Crippen molar-refractivity contribution in [2.24, 2.45) is 16.8 Å². The number of hydrogen-bond donors (Lipinski definition) is 0. The van der Waals surface area contributed by atoms with E-state index in [4.69, 9.17) is 37.7 Å². The molecule has 3 fully saturated rings. The van der Waals surface area contributed by atoms with Crippen LogP contribution in [0, 0.1) is 11.8 Å². The normalized spacial score (nSPS) is 24.3. The summed E-state index contributed by atoms with van der Waals surface area (Å²) in [7, 11) is 1.62. The fraction of sp³-hybridized carbons (Fsp3) is 0.523. The average molecular weight is 774 g/mol. The number of carbonyl (C=O) groups is 2. The van der Waals surface area contributed by atoms with Gasteiger partial charge in [0, 0.05) is 35.2 Å². The lowest BCUT2D eigenvalue weighted by Crippen LogP contribution is -2.58. The van der Waals surface area contributed by atoms with Crippen LogP contribution in [0.4, 0.5) is 4.79 Å². The quantitative estimate of drug-likeness (QED) is 0.214. The number of ether oxygens (including phenoxy) is 2. The van der Waals surface area contributed by atoms with Gasteiger partial charge in [-0.2, -0.15) is 0 Å². The van der Waals surface area contributed by atoms with E-state index in [1.165, 1.54) is 57.8 Å². The van der Waals surface area contributed by atoms with Gasteiger partial charge in [0.2, 0.25) is 5.91 Å². The summed E-state index contributed by atoms with van der Waals surface area (Å²) in [5.41, 5.74) is 2.45. The summed E-state index contributed by atoms with van der Waals surface area (Å²) < 4.78 is 11.9. The van der Waals surface area contributed by atoms with E-state index in [-0.39, 0.29) is 30.6 Å². The summed E-state index contributed by atoms with van der Waals surface area (Å²) >= 11 is 12.7. The van der Waals surface area contributed by atoms with Crippen molar-refractivity contribution in [3.63, 3.8) is 0 Å². The van der Waals surface area contributed by atoms with Crippen molar-refractivity contribution in [1.82, 2.24) is 14.7 Å². The Bertz CT molecular complexity index is 1790. The number of piperazine rings is 1. The molecule has 0 spiro atoms. The molecule has 10 heteroatoms. The van der Waals surface area contributed by atoms with Gasteiger partial charge in [-0.3, -0.25) is 14.7 Å². The Morgan fingerprint density at radius 2 is 1.43 bits per heavy atom. The Hall–Kier alpha value is -3.75. The summed E-state index contributed by atoms with van der Waals surface area (Å²) in [5, 5.41) is 1.21. The van der Waals surface area contributed by atoms with Crippen molar-refractivity contribution < 1.29 is 19.1 Å². The summed E-state index contributed by atoms with van der Waals surface area (Å²) in [6.07, 6.45) is 13.8. The molecule has 7 rings (SSSR count). The van der Waals surface area contributed by atoms with Crippen LogP contribution in [0.3, 0.4) is 0 Å². The largest absolute Gasteiger partial charge is 0.497 e. The molecule has 4 aliphatic rings. The van der Waals surface area contributed by atoms with Gasteiger partial charge in [0.1, 0.15) is 29.9 Å². The highest BCUT2D eigenvalue weighted by Gasteiger charge is 2.46. The van der Waals surface area contributed by atoms with Crippen LogP contribution < -0.4 is 9.47 Å². The lowest BCUT2D eigenvalue weighted by Gasteiger charge is -2.41. The SMILES string of the molecule is COc1ccc(C2=N[C@@H](c3ccc(Cl)cc3)[C@@H](c3ccc(Cl)cc3)N2C(=O)N2CCN([C@@H]3CCCC(C4CCCCCC4)CC3)C(=O)C2)c(OC(C)C)c1. The fourth-order valence-electron chi connectivity index (χ4n) is 9.28. The van der Waals surface area contributed by atoms with Crippen LogP contribution in [-0.4, -0.2) is 71.4 Å². The minimum atomic E-state index is -0.532. The molecular weight excluding hydrogens is 719 g/mol. The molecule has 2 heterocycles. The Balaban J connectivity index is 1.19. The van der Waals surface area contributed by atoms with Gasteiger partial charge in [0.15, 0.2) is 0 Å². The number of hydrogen-bond acceptors (Lipinski definition) is 5. The maximum Gasteiger partial charge on any atom is 0.326 e. The first-order valence-corrected chi connectivity index (χ1v) is 20.8. The van der Waals surface area contributed by atoms with Crippen LogP contribution in [-0.2, 0) is 4.79 Å². The molecule has 2 aliphatic carbocycles. The molecule has 3 aromatic rings. The molecule has 0 aromatic heterocycles. The zero-order valence-corrected chi connectivity index (χ0v) is 33.4. The number of carbonyl (C=O) groups excluding carboxylic acids is 2. The third kappa shape index (κ3) is 8.55. The molecule has 0 bridgehead atoms. The second kappa shape index (κ2) is 17.4. The third-order valence-corrected chi connectivity index (χ3v) is 12.5. The minimum absolute atomic E-state index is 0.0239. The molecule has 0 radical (unpaired) electrons. The highest BCUT2D eigenvalue weighted by atomic mass is 35.5. The molecule has 288 valence electrons. The van der Waals surface area contributed by atoms with Crippen LogP contribution >= 0.6 is 23.2 Å². The predicted molar refractivity (Wildman–Crippen MR) is 216 cm³/mol.